The molecule has 0 unspecified atom stereocenters. The Bertz CT molecular complexity index is 661. The summed E-state index contributed by atoms with van der Waals surface area (Å²) >= 11 is 7.64. The molecule has 1 heterocycles. The Labute approximate surface area is 144 Å². The highest BCUT2D eigenvalue weighted by molar-refractivity contribution is 7.09. The van der Waals surface area contributed by atoms with E-state index in [4.69, 9.17) is 11.6 Å². The van der Waals surface area contributed by atoms with Gasteiger partial charge in [-0.05, 0) is 30.1 Å². The van der Waals surface area contributed by atoms with Crippen molar-refractivity contribution in [3.8, 4) is 0 Å². The maximum absolute atomic E-state index is 11.9. The maximum atomic E-state index is 11.9. The zero-order valence-electron chi connectivity index (χ0n) is 12.7. The van der Waals surface area contributed by atoms with E-state index in [0.717, 1.165) is 10.4 Å². The number of likely N-dealkylation sites (N-methyl/N-ethyl adjacent to an activating group) is 1. The predicted molar refractivity (Wildman–Crippen MR) is 92.5 cm³/mol. The molecule has 1 aromatic heterocycles. The number of imide groups is 1. The van der Waals surface area contributed by atoms with Crippen LogP contribution in [0.1, 0.15) is 10.4 Å². The predicted octanol–water partition coefficient (Wildman–Crippen LogP) is 2.86. The van der Waals surface area contributed by atoms with Crippen LogP contribution in [0, 0.1) is 0 Å². The average Bonchev–Trinajstić information content (AvgIpc) is 3.00. The second kappa shape index (κ2) is 8.67. The molecule has 2 N–H and O–H groups in total. The monoisotopic (exact) mass is 351 g/mol. The second-order valence-corrected chi connectivity index (χ2v) is 6.51. The highest BCUT2D eigenvalue weighted by atomic mass is 35.5. The first kappa shape index (κ1) is 17.5. The number of benzene rings is 1. The molecule has 7 heteroatoms. The summed E-state index contributed by atoms with van der Waals surface area (Å²) in [5.41, 5.74) is 0.937. The number of nitrogens with zero attached hydrogens (tertiary/aromatic N) is 1. The third kappa shape index (κ3) is 6.02. The lowest BCUT2D eigenvalue weighted by Gasteiger charge is -2.16. The van der Waals surface area contributed by atoms with Crippen LogP contribution in [0.4, 0.5) is 4.79 Å². The van der Waals surface area contributed by atoms with Crippen molar-refractivity contribution in [3.05, 3.63) is 57.2 Å². The molecule has 0 aliphatic rings. The summed E-state index contributed by atoms with van der Waals surface area (Å²) in [5, 5.41) is 7.56. The molecule has 0 aliphatic heterocycles. The van der Waals surface area contributed by atoms with Crippen LogP contribution in [-0.2, 0) is 17.9 Å². The fourth-order valence-electron chi connectivity index (χ4n) is 2.01. The van der Waals surface area contributed by atoms with Crippen molar-refractivity contribution >= 4 is 34.9 Å². The lowest BCUT2D eigenvalue weighted by atomic mass is 10.2. The fraction of sp³-hybridized carbons (Fsp3) is 0.250. The number of rotatable bonds is 6. The van der Waals surface area contributed by atoms with Gasteiger partial charge in [-0.15, -0.1) is 11.3 Å². The number of carbonyl (C=O) groups excluding carboxylic acids is 2. The van der Waals surface area contributed by atoms with E-state index in [9.17, 15) is 9.59 Å². The van der Waals surface area contributed by atoms with Gasteiger partial charge in [0, 0.05) is 16.4 Å². The summed E-state index contributed by atoms with van der Waals surface area (Å²) in [6.45, 7) is 1.05. The number of thiophene rings is 1. The van der Waals surface area contributed by atoms with Crippen LogP contribution in [-0.4, -0.2) is 30.4 Å². The van der Waals surface area contributed by atoms with Gasteiger partial charge >= 0.3 is 6.03 Å². The fourth-order valence-corrected chi connectivity index (χ4v) is 2.85. The van der Waals surface area contributed by atoms with E-state index in [-0.39, 0.29) is 12.5 Å². The number of hydrogen-bond donors (Lipinski definition) is 2. The van der Waals surface area contributed by atoms with Crippen LogP contribution in [0.3, 0.4) is 0 Å². The molecule has 5 nitrogen and oxygen atoms in total. The highest BCUT2D eigenvalue weighted by Crippen LogP contribution is 2.16. The van der Waals surface area contributed by atoms with E-state index in [2.05, 4.69) is 10.6 Å². The number of halogens is 1. The molecule has 0 spiro atoms. The smallest absolute Gasteiger partial charge is 0.321 e. The van der Waals surface area contributed by atoms with Gasteiger partial charge in [-0.2, -0.15) is 0 Å². The van der Waals surface area contributed by atoms with Gasteiger partial charge in [0.1, 0.15) is 0 Å². The number of hydrogen-bond acceptors (Lipinski definition) is 4. The maximum Gasteiger partial charge on any atom is 0.321 e. The molecule has 2 aromatic rings. The van der Waals surface area contributed by atoms with Gasteiger partial charge in [-0.3, -0.25) is 15.0 Å². The molecule has 0 fully saturated rings. The largest absolute Gasteiger partial charge is 0.333 e. The van der Waals surface area contributed by atoms with Crippen molar-refractivity contribution in [2.75, 3.05) is 13.6 Å². The zero-order chi connectivity index (χ0) is 16.7. The van der Waals surface area contributed by atoms with Crippen molar-refractivity contribution in [3.63, 3.8) is 0 Å². The minimum Gasteiger partial charge on any atom is -0.333 e. The topological polar surface area (TPSA) is 61.4 Å². The summed E-state index contributed by atoms with van der Waals surface area (Å²) in [6.07, 6.45) is 0. The van der Waals surface area contributed by atoms with E-state index < -0.39 is 6.03 Å². The van der Waals surface area contributed by atoms with Crippen LogP contribution in [0.25, 0.3) is 0 Å². The summed E-state index contributed by atoms with van der Waals surface area (Å²) in [7, 11) is 1.80. The van der Waals surface area contributed by atoms with Crippen LogP contribution in [0.2, 0.25) is 5.02 Å². The molecule has 0 saturated heterocycles. The van der Waals surface area contributed by atoms with Crippen LogP contribution >= 0.6 is 22.9 Å². The molecule has 3 amide bonds. The Morgan fingerprint density at radius 2 is 2.00 bits per heavy atom. The number of urea groups is 1. The van der Waals surface area contributed by atoms with E-state index in [1.165, 1.54) is 0 Å². The van der Waals surface area contributed by atoms with Gasteiger partial charge in [0.2, 0.25) is 5.91 Å². The SMILES string of the molecule is CN(CC(=O)NC(=O)NCc1cccs1)Cc1ccccc1Cl. The quantitative estimate of drug-likeness (QED) is 0.841. The Morgan fingerprint density at radius 3 is 2.70 bits per heavy atom. The first-order valence-electron chi connectivity index (χ1n) is 7.06. The summed E-state index contributed by atoms with van der Waals surface area (Å²) < 4.78 is 0. The molecule has 0 bridgehead atoms. The second-order valence-electron chi connectivity index (χ2n) is 5.07. The van der Waals surface area contributed by atoms with E-state index in [1.807, 2.05) is 41.8 Å². The molecule has 0 saturated carbocycles. The van der Waals surface area contributed by atoms with Crippen molar-refractivity contribution in [1.29, 1.82) is 0 Å². The Morgan fingerprint density at radius 1 is 1.22 bits per heavy atom. The van der Waals surface area contributed by atoms with Crippen molar-refractivity contribution in [2.24, 2.45) is 0 Å². The number of amides is 3. The summed E-state index contributed by atoms with van der Waals surface area (Å²) in [5.74, 6) is -0.358. The zero-order valence-corrected chi connectivity index (χ0v) is 14.3. The van der Waals surface area contributed by atoms with Gasteiger partial charge in [0.05, 0.1) is 13.1 Å². The Hall–Kier alpha value is -1.89. The summed E-state index contributed by atoms with van der Waals surface area (Å²) in [4.78, 5) is 26.3. The molecule has 0 radical (unpaired) electrons. The molecular formula is C16H18ClN3O2S. The van der Waals surface area contributed by atoms with Gasteiger partial charge < -0.3 is 5.32 Å². The van der Waals surface area contributed by atoms with E-state index in [0.29, 0.717) is 18.1 Å². The molecular weight excluding hydrogens is 334 g/mol. The lowest BCUT2D eigenvalue weighted by Crippen LogP contribution is -2.43. The minimum absolute atomic E-state index is 0.109. The van der Waals surface area contributed by atoms with Gasteiger partial charge in [-0.25, -0.2) is 4.79 Å². The third-order valence-corrected chi connectivity index (χ3v) is 4.31. The molecule has 1 aromatic carbocycles. The van der Waals surface area contributed by atoms with Crippen LogP contribution in [0.15, 0.2) is 41.8 Å². The Balaban J connectivity index is 1.73. The third-order valence-electron chi connectivity index (χ3n) is 3.07. The average molecular weight is 352 g/mol. The van der Waals surface area contributed by atoms with E-state index in [1.54, 1.807) is 23.3 Å². The molecule has 0 atom stereocenters. The molecule has 23 heavy (non-hydrogen) atoms. The Kier molecular flexibility index (Phi) is 6.58. The molecule has 2 rings (SSSR count). The van der Waals surface area contributed by atoms with Crippen LogP contribution < -0.4 is 10.6 Å². The van der Waals surface area contributed by atoms with Crippen molar-refractivity contribution in [1.82, 2.24) is 15.5 Å². The normalized spacial score (nSPS) is 10.6. The summed E-state index contributed by atoms with van der Waals surface area (Å²) in [6, 6.07) is 10.8. The van der Waals surface area contributed by atoms with Crippen molar-refractivity contribution < 1.29 is 9.59 Å². The first-order chi connectivity index (χ1) is 11.0. The molecule has 122 valence electrons. The standard InChI is InChI=1S/C16H18ClN3O2S/c1-20(10-12-5-2-3-7-14(12)17)11-15(21)19-16(22)18-9-13-6-4-8-23-13/h2-8H,9-11H2,1H3,(H2,18,19,21,22). The number of nitrogens with one attached hydrogen (secondary N) is 2. The molecule has 0 aliphatic carbocycles. The highest BCUT2D eigenvalue weighted by Gasteiger charge is 2.11. The van der Waals surface area contributed by atoms with Crippen LogP contribution in [0.5, 0.6) is 0 Å². The van der Waals surface area contributed by atoms with Gasteiger partial charge in [0.15, 0.2) is 0 Å². The minimum atomic E-state index is -0.491. The first-order valence-corrected chi connectivity index (χ1v) is 8.32. The number of carbonyl (C=O) groups is 2. The lowest BCUT2D eigenvalue weighted by molar-refractivity contribution is -0.120. The van der Waals surface area contributed by atoms with Crippen molar-refractivity contribution in [2.45, 2.75) is 13.1 Å². The van der Waals surface area contributed by atoms with Gasteiger partial charge in [-0.1, -0.05) is 35.9 Å². The van der Waals surface area contributed by atoms with Gasteiger partial charge in [0.25, 0.3) is 0 Å². The van der Waals surface area contributed by atoms with E-state index >= 15 is 0 Å².